The van der Waals surface area contributed by atoms with Gasteiger partial charge in [-0.05, 0) is 87.4 Å². The van der Waals surface area contributed by atoms with E-state index in [-0.39, 0.29) is 29.8 Å². The molecule has 13 heteroatoms. The second kappa shape index (κ2) is 13.0. The number of aryl methyl sites for hydroxylation is 1. The zero-order valence-corrected chi connectivity index (χ0v) is 22.3. The van der Waals surface area contributed by atoms with E-state index in [0.29, 0.717) is 47.3 Å². The summed E-state index contributed by atoms with van der Waals surface area (Å²) >= 11 is 9.46. The van der Waals surface area contributed by atoms with Crippen molar-refractivity contribution >= 4 is 46.5 Å². The Morgan fingerprint density at radius 2 is 1.82 bits per heavy atom. The topological polar surface area (TPSA) is 127 Å². The van der Waals surface area contributed by atoms with E-state index in [9.17, 15) is 14.0 Å². The second-order valence-electron chi connectivity index (χ2n) is 8.84. The molecule has 4 N–H and O–H groups in total. The van der Waals surface area contributed by atoms with E-state index in [4.69, 9.17) is 26.1 Å². The van der Waals surface area contributed by atoms with Gasteiger partial charge < -0.3 is 29.8 Å². The molecule has 38 heavy (non-hydrogen) atoms. The molecule has 0 spiro atoms. The lowest BCUT2D eigenvalue weighted by atomic mass is 9.95. The highest BCUT2D eigenvalue weighted by molar-refractivity contribution is 7.80. The highest BCUT2D eigenvalue weighted by Gasteiger charge is 2.25. The molecule has 0 bridgehead atoms. The lowest BCUT2D eigenvalue weighted by Crippen LogP contribution is -2.28. The van der Waals surface area contributed by atoms with Gasteiger partial charge in [-0.3, -0.25) is 14.9 Å². The largest absolute Gasteiger partial charge is 0.441 e. The summed E-state index contributed by atoms with van der Waals surface area (Å²) in [6.07, 6.45) is 5.54. The number of oxazole rings is 1. The third-order valence-electron chi connectivity index (χ3n) is 6.02. The zero-order chi connectivity index (χ0) is 27.1. The minimum atomic E-state index is -0.299. The van der Waals surface area contributed by atoms with Crippen molar-refractivity contribution in [3.8, 4) is 11.5 Å². The summed E-state index contributed by atoms with van der Waals surface area (Å²) in [4.78, 5) is 26.3. The van der Waals surface area contributed by atoms with Crippen molar-refractivity contribution in [1.29, 1.82) is 0 Å². The maximum atomic E-state index is 13.1. The number of carbonyl (C=O) groups is 2. The van der Waals surface area contributed by atoms with Gasteiger partial charge in [0, 0.05) is 5.56 Å². The molecule has 1 aromatic heterocycles. The number of hydrogen-bond donors (Lipinski definition) is 4. The van der Waals surface area contributed by atoms with Gasteiger partial charge in [0.2, 0.25) is 11.8 Å². The predicted octanol–water partition coefficient (Wildman–Crippen LogP) is 2.51. The first kappa shape index (κ1) is 27.8. The maximum absolute atomic E-state index is 13.1. The average molecular weight is 562 g/mol. The van der Waals surface area contributed by atoms with E-state index in [1.165, 1.54) is 12.1 Å². The smallest absolute Gasteiger partial charge is 0.273 e. The zero-order valence-electron chi connectivity index (χ0n) is 20.7. The number of ether oxygens (including phenoxy) is 2. The van der Waals surface area contributed by atoms with Gasteiger partial charge in [0.15, 0.2) is 10.2 Å². The van der Waals surface area contributed by atoms with Crippen molar-refractivity contribution in [3.63, 3.8) is 0 Å². The fraction of sp³-hybridized carbons (Fsp3) is 0.400. The number of rotatable bonds is 7. The summed E-state index contributed by atoms with van der Waals surface area (Å²) in [5.41, 5.74) is 1.88. The number of nitrogens with zero attached hydrogens (tertiary/aromatic N) is 1. The van der Waals surface area contributed by atoms with Gasteiger partial charge in [-0.1, -0.05) is 0 Å². The molecule has 2 amide bonds. The quantitative estimate of drug-likeness (QED) is 0.296. The Morgan fingerprint density at radius 3 is 2.42 bits per heavy atom. The fourth-order valence-corrected chi connectivity index (χ4v) is 4.44. The van der Waals surface area contributed by atoms with E-state index < -0.39 is 0 Å². The van der Waals surface area contributed by atoms with Crippen LogP contribution in [0, 0.1) is 12.7 Å². The second-order valence-corrected chi connectivity index (χ2v) is 9.66. The SMILES string of the molecule is Cc1oc(-c2ccc(F)cc2)nc1CO[C@@H]1CCC[C@H](OCC=C2NC(=S)NC2=O)C1.O=C1CNC(=S)N1. The summed E-state index contributed by atoms with van der Waals surface area (Å²) in [6.45, 7) is 2.86. The highest BCUT2D eigenvalue weighted by Crippen LogP contribution is 2.26. The number of hydrogen-bond acceptors (Lipinski definition) is 8. The normalized spacial score (nSPS) is 21.9. The number of thiocarbonyl (C=S) groups is 2. The average Bonchev–Trinajstić information content (AvgIpc) is 3.56. The van der Waals surface area contributed by atoms with Gasteiger partial charge in [0.05, 0.1) is 32.0 Å². The van der Waals surface area contributed by atoms with Crippen LogP contribution in [0.5, 0.6) is 0 Å². The summed E-state index contributed by atoms with van der Waals surface area (Å²) in [5, 5.41) is 11.1. The maximum Gasteiger partial charge on any atom is 0.273 e. The third-order valence-corrected chi connectivity index (χ3v) is 6.47. The molecule has 202 valence electrons. The van der Waals surface area contributed by atoms with Crippen LogP contribution >= 0.6 is 24.4 Å². The molecule has 1 aliphatic carbocycles. The van der Waals surface area contributed by atoms with E-state index in [2.05, 4.69) is 38.5 Å². The van der Waals surface area contributed by atoms with Crippen molar-refractivity contribution in [2.75, 3.05) is 13.2 Å². The molecule has 1 aromatic carbocycles. The number of halogens is 1. The first-order chi connectivity index (χ1) is 18.3. The van der Waals surface area contributed by atoms with Gasteiger partial charge >= 0.3 is 0 Å². The van der Waals surface area contributed by atoms with Crippen LogP contribution in [-0.4, -0.2) is 52.4 Å². The first-order valence-corrected chi connectivity index (χ1v) is 12.9. The summed E-state index contributed by atoms with van der Waals surface area (Å²) in [6, 6.07) is 6.04. The molecule has 2 aliphatic heterocycles. The summed E-state index contributed by atoms with van der Waals surface area (Å²) in [7, 11) is 0. The van der Waals surface area contributed by atoms with Crippen molar-refractivity contribution in [3.05, 3.63) is 53.3 Å². The number of amides is 2. The summed E-state index contributed by atoms with van der Waals surface area (Å²) in [5.74, 6) is 0.561. The van der Waals surface area contributed by atoms with Crippen molar-refractivity contribution in [1.82, 2.24) is 26.3 Å². The molecule has 5 rings (SSSR count). The molecular formula is C25H28FN5O5S2. The number of nitrogens with one attached hydrogen (secondary N) is 4. The minimum absolute atomic E-state index is 0.0509. The van der Waals surface area contributed by atoms with Crippen LogP contribution in [-0.2, 0) is 25.7 Å². The predicted molar refractivity (Wildman–Crippen MR) is 144 cm³/mol. The molecule has 3 fully saturated rings. The van der Waals surface area contributed by atoms with Gasteiger partial charge in [-0.15, -0.1) is 0 Å². The number of carbonyl (C=O) groups excluding carboxylic acids is 2. The molecular weight excluding hydrogens is 533 g/mol. The Morgan fingerprint density at radius 1 is 1.08 bits per heavy atom. The molecule has 2 atom stereocenters. The molecule has 2 aromatic rings. The fourth-order valence-electron chi connectivity index (χ4n) is 4.05. The van der Waals surface area contributed by atoms with Gasteiger partial charge in [-0.2, -0.15) is 0 Å². The van der Waals surface area contributed by atoms with Crippen molar-refractivity contribution in [2.45, 2.75) is 51.4 Å². The molecule has 1 saturated carbocycles. The van der Waals surface area contributed by atoms with E-state index in [0.717, 1.165) is 36.9 Å². The van der Waals surface area contributed by atoms with Crippen LogP contribution in [0.3, 0.4) is 0 Å². The van der Waals surface area contributed by atoms with Crippen LogP contribution in [0.4, 0.5) is 4.39 Å². The van der Waals surface area contributed by atoms with Crippen LogP contribution in [0.15, 0.2) is 40.5 Å². The van der Waals surface area contributed by atoms with Crippen molar-refractivity contribution < 1.29 is 27.9 Å². The van der Waals surface area contributed by atoms with E-state index in [1.807, 2.05) is 6.92 Å². The lowest BCUT2D eigenvalue weighted by Gasteiger charge is -2.28. The van der Waals surface area contributed by atoms with E-state index in [1.54, 1.807) is 18.2 Å². The number of benzene rings is 1. The molecule has 0 unspecified atom stereocenters. The monoisotopic (exact) mass is 561 g/mol. The Kier molecular flexibility index (Phi) is 9.50. The first-order valence-electron chi connectivity index (χ1n) is 12.1. The van der Waals surface area contributed by atoms with Crippen LogP contribution < -0.4 is 21.3 Å². The standard InChI is InChI=1S/C22H24FN3O4S.C3H4N2OS/c1-13-19(24-21(30-13)14-5-7-15(23)8-6-14)12-29-17-4-2-3-16(11-17)28-10-9-18-20(27)26-22(31)25-18;6-2-1-4-3(7)5-2/h5-9,16-17H,2-4,10-12H2,1H3,(H2,25,26,27,31);1H2,(H2,4,5,6,7)/t16-,17+;/m0./s1. The summed E-state index contributed by atoms with van der Waals surface area (Å²) < 4.78 is 30.9. The highest BCUT2D eigenvalue weighted by atomic mass is 32.1. The molecule has 10 nitrogen and oxygen atoms in total. The molecule has 0 radical (unpaired) electrons. The Balaban J connectivity index is 0.000000417. The molecule has 3 heterocycles. The van der Waals surface area contributed by atoms with E-state index >= 15 is 0 Å². The number of aromatic nitrogens is 1. The molecule has 3 aliphatic rings. The Labute approximate surface area is 229 Å². The Hall–Kier alpha value is -3.26. The molecule has 2 saturated heterocycles. The Bertz CT molecular complexity index is 1220. The van der Waals surface area contributed by atoms with Crippen LogP contribution in [0.25, 0.3) is 11.5 Å². The van der Waals surface area contributed by atoms with Gasteiger partial charge in [0.25, 0.3) is 5.91 Å². The van der Waals surface area contributed by atoms with Gasteiger partial charge in [0.1, 0.15) is 23.0 Å². The van der Waals surface area contributed by atoms with Crippen LogP contribution in [0.2, 0.25) is 0 Å². The minimum Gasteiger partial charge on any atom is -0.441 e. The van der Waals surface area contributed by atoms with Crippen LogP contribution in [0.1, 0.15) is 37.1 Å². The van der Waals surface area contributed by atoms with Crippen molar-refractivity contribution in [2.24, 2.45) is 0 Å². The van der Waals surface area contributed by atoms with Gasteiger partial charge in [-0.25, -0.2) is 9.37 Å². The lowest BCUT2D eigenvalue weighted by molar-refractivity contribution is -0.117. The third kappa shape index (κ3) is 7.87.